The van der Waals surface area contributed by atoms with E-state index in [1.165, 1.54) is 4.90 Å². The number of morpholine rings is 1. The Morgan fingerprint density at radius 3 is 2.87 bits per heavy atom. The van der Waals surface area contributed by atoms with E-state index in [2.05, 4.69) is 23.7 Å². The molecule has 0 radical (unpaired) electrons. The van der Waals surface area contributed by atoms with Crippen LogP contribution in [0.4, 0.5) is 0 Å². The summed E-state index contributed by atoms with van der Waals surface area (Å²) in [4.78, 5) is 19.6. The van der Waals surface area contributed by atoms with Crippen molar-refractivity contribution in [2.24, 2.45) is 0 Å². The van der Waals surface area contributed by atoms with Gasteiger partial charge in [-0.25, -0.2) is 4.98 Å². The van der Waals surface area contributed by atoms with Crippen LogP contribution in [0.15, 0.2) is 10.6 Å². The van der Waals surface area contributed by atoms with E-state index in [0.29, 0.717) is 19.0 Å². The fraction of sp³-hybridized carbons (Fsp3) is 0.750. The molecule has 0 spiro atoms. The minimum Gasteiger partial charge on any atom is -0.445 e. The first-order valence-electron chi connectivity index (χ1n) is 7.84. The van der Waals surface area contributed by atoms with Crippen LogP contribution in [-0.4, -0.2) is 72.8 Å². The molecule has 0 aromatic carbocycles. The van der Waals surface area contributed by atoms with Gasteiger partial charge in [0.05, 0.1) is 31.1 Å². The summed E-state index contributed by atoms with van der Waals surface area (Å²) in [6.45, 7) is 8.63. The smallest absolute Gasteiger partial charge is 0.248 e. The lowest BCUT2D eigenvalue weighted by Gasteiger charge is -2.42. The van der Waals surface area contributed by atoms with E-state index < -0.39 is 0 Å². The Morgan fingerprint density at radius 1 is 1.52 bits per heavy atom. The largest absolute Gasteiger partial charge is 0.445 e. The molecule has 7 heteroatoms. The number of aromatic nitrogens is 1. The SMILES string of the molecule is Cc1cnc(CN2C[C@@H](COCC(=O)N(C)C)OC(C)(C)C2)o1. The highest BCUT2D eigenvalue weighted by Gasteiger charge is 2.34. The summed E-state index contributed by atoms with van der Waals surface area (Å²) < 4.78 is 17.1. The molecule has 2 heterocycles. The Balaban J connectivity index is 1.86. The Hall–Kier alpha value is -1.44. The normalized spacial score (nSPS) is 21.3. The Bertz CT molecular complexity index is 527. The molecule has 130 valence electrons. The summed E-state index contributed by atoms with van der Waals surface area (Å²) in [5.41, 5.74) is -0.278. The van der Waals surface area contributed by atoms with Crippen LogP contribution >= 0.6 is 0 Å². The van der Waals surface area contributed by atoms with Crippen molar-refractivity contribution in [1.29, 1.82) is 0 Å². The number of oxazole rings is 1. The number of amides is 1. The second-order valence-corrected chi connectivity index (χ2v) is 6.84. The summed E-state index contributed by atoms with van der Waals surface area (Å²) in [6.07, 6.45) is 1.65. The molecule has 1 atom stereocenters. The monoisotopic (exact) mass is 325 g/mol. The molecule has 2 rings (SSSR count). The van der Waals surface area contributed by atoms with Crippen LogP contribution in [0.1, 0.15) is 25.5 Å². The fourth-order valence-corrected chi connectivity index (χ4v) is 2.70. The Labute approximate surface area is 137 Å². The molecular weight excluding hydrogens is 298 g/mol. The lowest BCUT2D eigenvalue weighted by atomic mass is 10.1. The van der Waals surface area contributed by atoms with Crippen molar-refractivity contribution >= 4 is 5.91 Å². The average Bonchev–Trinajstić information content (AvgIpc) is 2.82. The van der Waals surface area contributed by atoms with E-state index in [1.807, 2.05) is 6.92 Å². The second-order valence-electron chi connectivity index (χ2n) is 6.84. The highest BCUT2D eigenvalue weighted by atomic mass is 16.6. The lowest BCUT2D eigenvalue weighted by Crippen LogP contribution is -2.53. The van der Waals surface area contributed by atoms with Gasteiger partial charge in [0.1, 0.15) is 12.4 Å². The molecule has 7 nitrogen and oxygen atoms in total. The second kappa shape index (κ2) is 7.42. The maximum absolute atomic E-state index is 11.5. The van der Waals surface area contributed by atoms with Gasteiger partial charge in [-0.15, -0.1) is 0 Å². The van der Waals surface area contributed by atoms with Crippen LogP contribution in [0.5, 0.6) is 0 Å². The van der Waals surface area contributed by atoms with Crippen LogP contribution in [0.25, 0.3) is 0 Å². The first kappa shape index (κ1) is 17.9. The maximum atomic E-state index is 11.5. The summed E-state index contributed by atoms with van der Waals surface area (Å²) in [6, 6.07) is 0. The lowest BCUT2D eigenvalue weighted by molar-refractivity contribution is -0.162. The number of ether oxygens (including phenoxy) is 2. The fourth-order valence-electron chi connectivity index (χ4n) is 2.70. The van der Waals surface area contributed by atoms with Crippen LogP contribution in [-0.2, 0) is 20.8 Å². The summed E-state index contributed by atoms with van der Waals surface area (Å²) in [5.74, 6) is 1.48. The average molecular weight is 325 g/mol. The van der Waals surface area contributed by atoms with Crippen molar-refractivity contribution in [3.8, 4) is 0 Å². The van der Waals surface area contributed by atoms with Gasteiger partial charge in [0.15, 0.2) is 0 Å². The number of carbonyl (C=O) groups is 1. The van der Waals surface area contributed by atoms with Gasteiger partial charge in [-0.1, -0.05) is 0 Å². The molecule has 1 saturated heterocycles. The van der Waals surface area contributed by atoms with E-state index in [0.717, 1.165) is 18.8 Å². The maximum Gasteiger partial charge on any atom is 0.248 e. The zero-order valence-corrected chi connectivity index (χ0v) is 14.7. The van der Waals surface area contributed by atoms with Crippen molar-refractivity contribution in [3.63, 3.8) is 0 Å². The van der Waals surface area contributed by atoms with Gasteiger partial charge in [-0.2, -0.15) is 0 Å². The summed E-state index contributed by atoms with van der Waals surface area (Å²) >= 11 is 0. The minimum absolute atomic E-state index is 0.0489. The molecule has 0 unspecified atom stereocenters. The van der Waals surface area contributed by atoms with E-state index in [1.54, 1.807) is 20.3 Å². The standard InChI is InChI=1S/C16H27N3O4/c1-12-6-17-14(22-12)8-19-7-13(23-16(2,3)11-19)9-21-10-15(20)18(4)5/h6,13H,7-11H2,1-5H3/t13-/m0/s1. The predicted molar refractivity (Wildman–Crippen MR) is 85.0 cm³/mol. The van der Waals surface area contributed by atoms with Gasteiger partial charge in [0.25, 0.3) is 0 Å². The highest BCUT2D eigenvalue weighted by Crippen LogP contribution is 2.22. The van der Waals surface area contributed by atoms with Gasteiger partial charge in [-0.05, 0) is 20.8 Å². The first-order valence-corrected chi connectivity index (χ1v) is 7.84. The number of aryl methyl sites for hydroxylation is 1. The van der Waals surface area contributed by atoms with Gasteiger partial charge in [-0.3, -0.25) is 9.69 Å². The Morgan fingerprint density at radius 2 is 2.26 bits per heavy atom. The number of carbonyl (C=O) groups excluding carboxylic acids is 1. The van der Waals surface area contributed by atoms with Crippen LogP contribution < -0.4 is 0 Å². The first-order chi connectivity index (χ1) is 10.7. The van der Waals surface area contributed by atoms with Crippen LogP contribution in [0.3, 0.4) is 0 Å². The third kappa shape index (κ3) is 5.60. The van der Waals surface area contributed by atoms with Crippen molar-refractivity contribution in [2.75, 3.05) is 40.4 Å². The number of nitrogens with zero attached hydrogens (tertiary/aromatic N) is 3. The van der Waals surface area contributed by atoms with Gasteiger partial charge in [0.2, 0.25) is 11.8 Å². The van der Waals surface area contributed by atoms with E-state index >= 15 is 0 Å². The molecule has 1 aromatic heterocycles. The molecule has 1 aromatic rings. The van der Waals surface area contributed by atoms with E-state index in [-0.39, 0.29) is 24.2 Å². The summed E-state index contributed by atoms with van der Waals surface area (Å²) in [5, 5.41) is 0. The zero-order chi connectivity index (χ0) is 17.0. The Kier molecular flexibility index (Phi) is 5.78. The van der Waals surface area contributed by atoms with Gasteiger partial charge < -0.3 is 18.8 Å². The molecule has 0 aliphatic carbocycles. The zero-order valence-electron chi connectivity index (χ0n) is 14.7. The molecule has 0 bridgehead atoms. The van der Waals surface area contributed by atoms with Gasteiger partial charge >= 0.3 is 0 Å². The molecule has 0 N–H and O–H groups in total. The third-order valence-corrected chi connectivity index (χ3v) is 3.61. The van der Waals surface area contributed by atoms with Crippen molar-refractivity contribution < 1.29 is 18.7 Å². The molecule has 1 aliphatic heterocycles. The molecule has 1 fully saturated rings. The number of rotatable bonds is 6. The van der Waals surface area contributed by atoms with E-state index in [4.69, 9.17) is 13.9 Å². The predicted octanol–water partition coefficient (Wildman–Crippen LogP) is 1.07. The molecule has 1 amide bonds. The van der Waals surface area contributed by atoms with Crippen LogP contribution in [0, 0.1) is 6.92 Å². The molecule has 0 saturated carbocycles. The summed E-state index contributed by atoms with van der Waals surface area (Å²) in [7, 11) is 3.43. The molecular formula is C16H27N3O4. The van der Waals surface area contributed by atoms with Crippen molar-refractivity contribution in [3.05, 3.63) is 17.8 Å². The topological polar surface area (TPSA) is 68.0 Å². The molecule has 23 heavy (non-hydrogen) atoms. The van der Waals surface area contributed by atoms with Gasteiger partial charge in [0, 0.05) is 27.2 Å². The number of hydrogen-bond acceptors (Lipinski definition) is 6. The highest BCUT2D eigenvalue weighted by molar-refractivity contribution is 5.76. The van der Waals surface area contributed by atoms with Crippen molar-refractivity contribution in [2.45, 2.75) is 39.0 Å². The third-order valence-electron chi connectivity index (χ3n) is 3.61. The molecule has 1 aliphatic rings. The van der Waals surface area contributed by atoms with Crippen LogP contribution in [0.2, 0.25) is 0 Å². The number of likely N-dealkylation sites (N-methyl/N-ethyl adjacent to an activating group) is 1. The minimum atomic E-state index is -0.278. The van der Waals surface area contributed by atoms with Crippen molar-refractivity contribution in [1.82, 2.24) is 14.8 Å². The number of hydrogen-bond donors (Lipinski definition) is 0. The van der Waals surface area contributed by atoms with E-state index in [9.17, 15) is 4.79 Å². The quantitative estimate of drug-likeness (QED) is 0.779.